The molecule has 1 heterocycles. The van der Waals surface area contributed by atoms with Crippen LogP contribution in [0.4, 0.5) is 0 Å². The van der Waals surface area contributed by atoms with Gasteiger partial charge in [-0.25, -0.2) is 0 Å². The summed E-state index contributed by atoms with van der Waals surface area (Å²) in [4.78, 5) is 11.6. The molecule has 3 heteroatoms. The van der Waals surface area contributed by atoms with Gasteiger partial charge in [0.15, 0.2) is 0 Å². The van der Waals surface area contributed by atoms with E-state index in [4.69, 9.17) is 0 Å². The van der Waals surface area contributed by atoms with Crippen molar-refractivity contribution in [3.8, 4) is 0 Å². The minimum Gasteiger partial charge on any atom is -0.356 e. The van der Waals surface area contributed by atoms with Crippen molar-refractivity contribution in [1.82, 2.24) is 10.6 Å². The van der Waals surface area contributed by atoms with Crippen LogP contribution in [-0.4, -0.2) is 25.5 Å². The van der Waals surface area contributed by atoms with Gasteiger partial charge in [0.1, 0.15) is 0 Å². The topological polar surface area (TPSA) is 41.1 Å². The molecule has 1 saturated carbocycles. The predicted molar refractivity (Wildman–Crippen MR) is 55.9 cm³/mol. The van der Waals surface area contributed by atoms with Crippen LogP contribution in [0.1, 0.15) is 32.1 Å². The van der Waals surface area contributed by atoms with Gasteiger partial charge in [0, 0.05) is 13.1 Å². The molecule has 0 aromatic heterocycles. The molecule has 1 aliphatic heterocycles. The smallest absolute Gasteiger partial charge is 0.224 e. The van der Waals surface area contributed by atoms with E-state index in [9.17, 15) is 4.79 Å². The number of nitrogens with one attached hydrogen (secondary N) is 2. The number of amides is 1. The largest absolute Gasteiger partial charge is 0.356 e. The Morgan fingerprint density at radius 2 is 2.21 bits per heavy atom. The molecule has 0 aromatic carbocycles. The van der Waals surface area contributed by atoms with Crippen LogP contribution < -0.4 is 10.6 Å². The molecular formula is C11H20N2O. The Hall–Kier alpha value is -0.570. The molecule has 1 amide bonds. The first-order valence-electron chi connectivity index (χ1n) is 5.84. The molecule has 2 aliphatic rings. The Bertz CT molecular complexity index is 195. The van der Waals surface area contributed by atoms with E-state index in [1.807, 2.05) is 0 Å². The Labute approximate surface area is 85.6 Å². The fourth-order valence-electron chi connectivity index (χ4n) is 2.03. The number of carbonyl (C=O) groups is 1. The SMILES string of the molecule is O=C(NCCC1CC1)[C@@H]1CCCNC1. The molecule has 80 valence electrons. The molecule has 2 rings (SSSR count). The second kappa shape index (κ2) is 4.78. The highest BCUT2D eigenvalue weighted by Gasteiger charge is 2.23. The summed E-state index contributed by atoms with van der Waals surface area (Å²) in [5, 5.41) is 6.31. The van der Waals surface area contributed by atoms with Crippen molar-refractivity contribution in [3.05, 3.63) is 0 Å². The Morgan fingerprint density at radius 1 is 1.36 bits per heavy atom. The highest BCUT2D eigenvalue weighted by Crippen LogP contribution is 2.31. The van der Waals surface area contributed by atoms with Crippen LogP contribution in [0.3, 0.4) is 0 Å². The molecule has 1 saturated heterocycles. The van der Waals surface area contributed by atoms with Crippen LogP contribution in [0.25, 0.3) is 0 Å². The standard InChI is InChI=1S/C11H20N2O/c14-11(10-2-1-6-12-8-10)13-7-5-9-3-4-9/h9-10,12H,1-8H2,(H,13,14)/t10-/m1/s1. The molecule has 0 unspecified atom stereocenters. The molecule has 14 heavy (non-hydrogen) atoms. The first kappa shape index (κ1) is 9.97. The van der Waals surface area contributed by atoms with Gasteiger partial charge in [-0.2, -0.15) is 0 Å². The number of carbonyl (C=O) groups excluding carboxylic acids is 1. The van der Waals surface area contributed by atoms with Crippen molar-refractivity contribution < 1.29 is 4.79 Å². The lowest BCUT2D eigenvalue weighted by Crippen LogP contribution is -2.40. The summed E-state index contributed by atoms with van der Waals surface area (Å²) in [5.74, 6) is 1.40. The number of rotatable bonds is 4. The Kier molecular flexibility index (Phi) is 3.40. The van der Waals surface area contributed by atoms with Gasteiger partial charge in [0.2, 0.25) is 5.91 Å². The Balaban J connectivity index is 1.60. The minimum absolute atomic E-state index is 0.225. The maximum absolute atomic E-state index is 11.6. The second-order valence-corrected chi connectivity index (χ2v) is 4.57. The van der Waals surface area contributed by atoms with E-state index in [1.165, 1.54) is 19.3 Å². The minimum atomic E-state index is 0.225. The van der Waals surface area contributed by atoms with Crippen molar-refractivity contribution in [3.63, 3.8) is 0 Å². The molecular weight excluding hydrogens is 176 g/mol. The highest BCUT2D eigenvalue weighted by atomic mass is 16.1. The number of hydrogen-bond acceptors (Lipinski definition) is 2. The summed E-state index contributed by atoms with van der Waals surface area (Å²) in [6.07, 6.45) is 6.14. The average Bonchev–Trinajstić information content (AvgIpc) is 3.03. The van der Waals surface area contributed by atoms with E-state index in [1.54, 1.807) is 0 Å². The second-order valence-electron chi connectivity index (χ2n) is 4.57. The monoisotopic (exact) mass is 196 g/mol. The average molecular weight is 196 g/mol. The zero-order chi connectivity index (χ0) is 9.80. The summed E-state index contributed by atoms with van der Waals surface area (Å²) >= 11 is 0. The van der Waals surface area contributed by atoms with Crippen LogP contribution in [0.15, 0.2) is 0 Å². The summed E-state index contributed by atoms with van der Waals surface area (Å²) in [6, 6.07) is 0. The van der Waals surface area contributed by atoms with Crippen molar-refractivity contribution >= 4 is 5.91 Å². The van der Waals surface area contributed by atoms with E-state index < -0.39 is 0 Å². The first-order valence-corrected chi connectivity index (χ1v) is 5.84. The molecule has 2 N–H and O–H groups in total. The third-order valence-electron chi connectivity index (χ3n) is 3.22. The van der Waals surface area contributed by atoms with Gasteiger partial charge in [-0.05, 0) is 31.7 Å². The highest BCUT2D eigenvalue weighted by molar-refractivity contribution is 5.78. The summed E-state index contributed by atoms with van der Waals surface area (Å²) in [6.45, 7) is 2.83. The first-order chi connectivity index (χ1) is 6.86. The van der Waals surface area contributed by atoms with Crippen LogP contribution in [0.2, 0.25) is 0 Å². The normalized spacial score (nSPS) is 27.3. The van der Waals surface area contributed by atoms with Gasteiger partial charge in [-0.3, -0.25) is 4.79 Å². The van der Waals surface area contributed by atoms with Gasteiger partial charge in [0.25, 0.3) is 0 Å². The van der Waals surface area contributed by atoms with Crippen molar-refractivity contribution in [1.29, 1.82) is 0 Å². The van der Waals surface area contributed by atoms with Gasteiger partial charge >= 0.3 is 0 Å². The zero-order valence-electron chi connectivity index (χ0n) is 8.72. The summed E-state index contributed by atoms with van der Waals surface area (Å²) < 4.78 is 0. The quantitative estimate of drug-likeness (QED) is 0.701. The molecule has 1 atom stereocenters. The summed E-state index contributed by atoms with van der Waals surface area (Å²) in [7, 11) is 0. The molecule has 0 spiro atoms. The lowest BCUT2D eigenvalue weighted by Gasteiger charge is -2.21. The van der Waals surface area contributed by atoms with Crippen LogP contribution in [0.5, 0.6) is 0 Å². The van der Waals surface area contributed by atoms with Crippen LogP contribution >= 0.6 is 0 Å². The van der Waals surface area contributed by atoms with Crippen LogP contribution in [-0.2, 0) is 4.79 Å². The van der Waals surface area contributed by atoms with E-state index in [2.05, 4.69) is 10.6 Å². The van der Waals surface area contributed by atoms with E-state index in [0.29, 0.717) is 0 Å². The molecule has 0 aromatic rings. The molecule has 1 aliphatic carbocycles. The molecule has 0 radical (unpaired) electrons. The third-order valence-corrected chi connectivity index (χ3v) is 3.22. The van der Waals surface area contributed by atoms with Gasteiger partial charge < -0.3 is 10.6 Å². The molecule has 2 fully saturated rings. The van der Waals surface area contributed by atoms with Crippen molar-refractivity contribution in [2.75, 3.05) is 19.6 Å². The summed E-state index contributed by atoms with van der Waals surface area (Å²) in [5.41, 5.74) is 0. The zero-order valence-corrected chi connectivity index (χ0v) is 8.72. The van der Waals surface area contributed by atoms with Crippen molar-refractivity contribution in [2.45, 2.75) is 32.1 Å². The maximum Gasteiger partial charge on any atom is 0.224 e. The van der Waals surface area contributed by atoms with Gasteiger partial charge in [-0.15, -0.1) is 0 Å². The van der Waals surface area contributed by atoms with Gasteiger partial charge in [0.05, 0.1) is 5.92 Å². The van der Waals surface area contributed by atoms with E-state index >= 15 is 0 Å². The predicted octanol–water partition coefficient (Wildman–Crippen LogP) is 0.902. The fraction of sp³-hybridized carbons (Fsp3) is 0.909. The maximum atomic E-state index is 11.6. The fourth-order valence-corrected chi connectivity index (χ4v) is 2.03. The Morgan fingerprint density at radius 3 is 2.86 bits per heavy atom. The van der Waals surface area contributed by atoms with E-state index in [-0.39, 0.29) is 11.8 Å². The third kappa shape index (κ3) is 2.98. The molecule has 0 bridgehead atoms. The van der Waals surface area contributed by atoms with Crippen molar-refractivity contribution in [2.24, 2.45) is 11.8 Å². The lowest BCUT2D eigenvalue weighted by atomic mass is 9.99. The number of hydrogen-bond donors (Lipinski definition) is 2. The lowest BCUT2D eigenvalue weighted by molar-refractivity contribution is -0.125. The number of piperidine rings is 1. The molecule has 3 nitrogen and oxygen atoms in total. The van der Waals surface area contributed by atoms with Crippen LogP contribution in [0, 0.1) is 11.8 Å². The van der Waals surface area contributed by atoms with E-state index in [0.717, 1.165) is 38.4 Å². The van der Waals surface area contributed by atoms with Gasteiger partial charge in [-0.1, -0.05) is 12.8 Å².